The molecule has 0 radical (unpaired) electrons. The number of carbonyl (C=O) groups excluding carboxylic acids is 1. The molecule has 0 saturated heterocycles. The number of aromatic nitrogens is 3. The van der Waals surface area contributed by atoms with Crippen LogP contribution in [0, 0.1) is 0 Å². The third kappa shape index (κ3) is 5.90. The Balaban J connectivity index is 1.58. The zero-order chi connectivity index (χ0) is 30.8. The largest absolute Gasteiger partial charge is 0.496 e. The van der Waals surface area contributed by atoms with Crippen molar-refractivity contribution in [1.82, 2.24) is 14.5 Å². The number of rotatable bonds is 8. The summed E-state index contributed by atoms with van der Waals surface area (Å²) in [6, 6.07) is 16.9. The fourth-order valence-electron chi connectivity index (χ4n) is 4.71. The minimum absolute atomic E-state index is 0.135. The van der Waals surface area contributed by atoms with Crippen LogP contribution >= 0.6 is 50.6 Å². The summed E-state index contributed by atoms with van der Waals surface area (Å²) < 4.78 is 19.8. The Labute approximate surface area is 272 Å². The predicted molar refractivity (Wildman–Crippen MR) is 172 cm³/mol. The lowest BCUT2D eigenvalue weighted by molar-refractivity contribution is -0.138. The Hall–Kier alpha value is -3.97. The summed E-state index contributed by atoms with van der Waals surface area (Å²) in [5.41, 5.74) is 1.43. The highest BCUT2D eigenvalue weighted by Gasteiger charge is 2.37. The zero-order valence-electron chi connectivity index (χ0n) is 23.2. The van der Waals surface area contributed by atoms with Gasteiger partial charge in [-0.2, -0.15) is 0 Å². The second-order valence-corrected chi connectivity index (χ2v) is 12.5. The summed E-state index contributed by atoms with van der Waals surface area (Å²) in [7, 11) is 1.52. The van der Waals surface area contributed by atoms with E-state index in [0.29, 0.717) is 57.4 Å². The summed E-state index contributed by atoms with van der Waals surface area (Å²) in [4.78, 5) is 41.6. The van der Waals surface area contributed by atoms with Crippen LogP contribution in [0.25, 0.3) is 11.8 Å². The number of hydrogen-bond donors (Lipinski definition) is 0. The monoisotopic (exact) mass is 708 g/mol. The number of esters is 1. The minimum atomic E-state index is -0.944. The Morgan fingerprint density at radius 1 is 1.16 bits per heavy atom. The van der Waals surface area contributed by atoms with Crippen LogP contribution in [0.4, 0.5) is 0 Å². The van der Waals surface area contributed by atoms with E-state index in [1.165, 1.54) is 34.8 Å². The van der Waals surface area contributed by atoms with Gasteiger partial charge in [-0.1, -0.05) is 53.3 Å². The average molecular weight is 710 g/mol. The lowest BCUT2D eigenvalue weighted by atomic mass is 9.92. The van der Waals surface area contributed by atoms with Crippen molar-refractivity contribution in [2.75, 3.05) is 13.7 Å². The van der Waals surface area contributed by atoms with Gasteiger partial charge < -0.3 is 13.9 Å². The molecular formula is C31H22BrClN4O5S2. The fourth-order valence-corrected chi connectivity index (χ4v) is 7.11. The van der Waals surface area contributed by atoms with E-state index < -0.39 is 12.0 Å². The van der Waals surface area contributed by atoms with Crippen molar-refractivity contribution >= 4 is 68.4 Å². The van der Waals surface area contributed by atoms with Crippen LogP contribution < -0.4 is 19.6 Å². The quantitative estimate of drug-likeness (QED) is 0.145. The van der Waals surface area contributed by atoms with Crippen LogP contribution in [0.3, 0.4) is 0 Å². The van der Waals surface area contributed by atoms with Crippen LogP contribution in [0.5, 0.6) is 5.75 Å². The lowest BCUT2D eigenvalue weighted by Crippen LogP contribution is -2.40. The summed E-state index contributed by atoms with van der Waals surface area (Å²) in [5, 5.41) is 1.47. The molecule has 6 rings (SSSR count). The van der Waals surface area contributed by atoms with Crippen LogP contribution in [0.15, 0.2) is 108 Å². The SMILES string of the molecule is CCOC(=O)C1=C(c2ccccc2)N=c2s/c(=C\c3cc(Br)c(Sc4ncccn4)o3)c(=O)n2[C@H]1c1cc(Cl)ccc1OC. The van der Waals surface area contributed by atoms with E-state index in [4.69, 9.17) is 30.5 Å². The smallest absolute Gasteiger partial charge is 0.338 e. The molecule has 222 valence electrons. The van der Waals surface area contributed by atoms with Crippen molar-refractivity contribution in [1.29, 1.82) is 0 Å². The number of benzene rings is 2. The number of thiazole rings is 1. The van der Waals surface area contributed by atoms with Gasteiger partial charge in [-0.3, -0.25) is 9.36 Å². The summed E-state index contributed by atoms with van der Waals surface area (Å²) in [6.07, 6.45) is 4.94. The number of fused-ring (bicyclic) bond motifs is 1. The molecule has 0 saturated carbocycles. The first-order chi connectivity index (χ1) is 21.4. The summed E-state index contributed by atoms with van der Waals surface area (Å²) in [5.74, 6) is 0.284. The van der Waals surface area contributed by atoms with E-state index >= 15 is 0 Å². The maximum absolute atomic E-state index is 14.2. The molecule has 0 bridgehead atoms. The maximum atomic E-state index is 14.2. The second kappa shape index (κ2) is 12.9. The van der Waals surface area contributed by atoms with Gasteiger partial charge in [0.15, 0.2) is 15.1 Å². The molecule has 0 N–H and O–H groups in total. The van der Waals surface area contributed by atoms with E-state index in [1.807, 2.05) is 30.3 Å². The van der Waals surface area contributed by atoms with Crippen molar-refractivity contribution in [2.45, 2.75) is 23.2 Å². The minimum Gasteiger partial charge on any atom is -0.496 e. The predicted octanol–water partition coefficient (Wildman–Crippen LogP) is 5.89. The number of halogens is 2. The fraction of sp³-hybridized carbons (Fsp3) is 0.129. The highest BCUT2D eigenvalue weighted by Crippen LogP contribution is 2.40. The van der Waals surface area contributed by atoms with Crippen molar-refractivity contribution < 1.29 is 18.7 Å². The van der Waals surface area contributed by atoms with Crippen LogP contribution in [-0.2, 0) is 9.53 Å². The molecule has 2 aromatic carbocycles. The number of carbonyl (C=O) groups is 1. The molecule has 3 aromatic heterocycles. The number of nitrogens with zero attached hydrogens (tertiary/aromatic N) is 4. The molecule has 1 aliphatic rings. The van der Waals surface area contributed by atoms with E-state index in [2.05, 4.69) is 25.9 Å². The van der Waals surface area contributed by atoms with Crippen LogP contribution in [0.2, 0.25) is 5.02 Å². The van der Waals surface area contributed by atoms with Crippen molar-refractivity contribution in [3.8, 4) is 5.75 Å². The summed E-state index contributed by atoms with van der Waals surface area (Å²) in [6.45, 7) is 1.86. The molecule has 1 atom stereocenters. The molecule has 0 spiro atoms. The lowest BCUT2D eigenvalue weighted by Gasteiger charge is -2.27. The third-order valence-corrected chi connectivity index (χ3v) is 9.49. The third-order valence-electron chi connectivity index (χ3n) is 6.53. The van der Waals surface area contributed by atoms with E-state index in [1.54, 1.807) is 55.7 Å². The molecule has 0 aliphatic carbocycles. The Kier molecular flexibility index (Phi) is 8.85. The zero-order valence-corrected chi connectivity index (χ0v) is 27.2. The van der Waals surface area contributed by atoms with Crippen molar-refractivity contribution in [2.24, 2.45) is 4.99 Å². The molecule has 0 fully saturated rings. The highest BCUT2D eigenvalue weighted by molar-refractivity contribution is 9.10. The number of methoxy groups -OCH3 is 1. The van der Waals surface area contributed by atoms with Crippen molar-refractivity contribution in [3.63, 3.8) is 0 Å². The molecule has 0 amide bonds. The first-order valence-corrected chi connectivity index (χ1v) is 16.0. The van der Waals surface area contributed by atoms with E-state index in [-0.39, 0.29) is 17.7 Å². The average Bonchev–Trinajstić information content (AvgIpc) is 3.54. The van der Waals surface area contributed by atoms with E-state index in [9.17, 15) is 9.59 Å². The van der Waals surface area contributed by atoms with Gasteiger partial charge >= 0.3 is 5.97 Å². The normalized spacial score (nSPS) is 14.7. The van der Waals surface area contributed by atoms with Gasteiger partial charge in [-0.15, -0.1) is 0 Å². The Morgan fingerprint density at radius 3 is 2.66 bits per heavy atom. The van der Waals surface area contributed by atoms with Gasteiger partial charge in [0.2, 0.25) is 0 Å². The van der Waals surface area contributed by atoms with E-state index in [0.717, 1.165) is 0 Å². The Bertz CT molecular complexity index is 2080. The van der Waals surface area contributed by atoms with Gasteiger partial charge in [-0.25, -0.2) is 19.8 Å². The molecule has 4 heterocycles. The van der Waals surface area contributed by atoms with Gasteiger partial charge in [0.25, 0.3) is 5.56 Å². The number of furan rings is 1. The first kappa shape index (κ1) is 30.1. The van der Waals surface area contributed by atoms with Crippen LogP contribution in [0.1, 0.15) is 29.9 Å². The van der Waals surface area contributed by atoms with Gasteiger partial charge in [0, 0.05) is 34.6 Å². The topological polar surface area (TPSA) is 109 Å². The molecule has 5 aromatic rings. The standard InChI is InChI=1S/C31H22BrClN4O5S2/c1-3-41-28(39)24-25(17-8-5-4-6-9-17)36-31-37(26(24)20-14-18(33)10-11-22(20)40-2)27(38)23(43-31)16-19-15-21(32)29(42-19)44-30-34-12-7-13-35-30/h4-16,26H,3H2,1-2H3/b23-16-/t26-/m0/s1. The van der Waals surface area contributed by atoms with Crippen molar-refractivity contribution in [3.05, 3.63) is 125 Å². The van der Waals surface area contributed by atoms with Gasteiger partial charge in [0.05, 0.1) is 34.0 Å². The molecule has 44 heavy (non-hydrogen) atoms. The summed E-state index contributed by atoms with van der Waals surface area (Å²) >= 11 is 12.4. The maximum Gasteiger partial charge on any atom is 0.338 e. The van der Waals surface area contributed by atoms with Gasteiger partial charge in [-0.05, 0) is 64.9 Å². The highest BCUT2D eigenvalue weighted by atomic mass is 79.9. The van der Waals surface area contributed by atoms with Crippen LogP contribution in [-0.4, -0.2) is 34.2 Å². The number of hydrogen-bond acceptors (Lipinski definition) is 10. The molecule has 13 heteroatoms. The molecule has 1 aliphatic heterocycles. The first-order valence-electron chi connectivity index (χ1n) is 13.2. The number of ether oxygens (including phenoxy) is 2. The molecule has 0 unspecified atom stereocenters. The molecule has 9 nitrogen and oxygen atoms in total. The second-order valence-electron chi connectivity index (χ2n) is 9.24. The molecular weight excluding hydrogens is 688 g/mol. The Morgan fingerprint density at radius 2 is 1.93 bits per heavy atom. The van der Waals surface area contributed by atoms with Gasteiger partial charge in [0.1, 0.15) is 17.6 Å².